The number of aromatic nitrogens is 3. The van der Waals surface area contributed by atoms with Crippen LogP contribution in [0.4, 0.5) is 18.9 Å². The monoisotopic (exact) mass is 457 g/mol. The van der Waals surface area contributed by atoms with Gasteiger partial charge in [0.2, 0.25) is 0 Å². The van der Waals surface area contributed by atoms with Crippen LogP contribution in [0.2, 0.25) is 0 Å². The Morgan fingerprint density at radius 3 is 2.70 bits per heavy atom. The van der Waals surface area contributed by atoms with Gasteiger partial charge in [-0.25, -0.2) is 4.98 Å². The van der Waals surface area contributed by atoms with Gasteiger partial charge in [0.05, 0.1) is 22.5 Å². The molecule has 4 rings (SSSR count). The molecule has 0 radical (unpaired) electrons. The van der Waals surface area contributed by atoms with Gasteiger partial charge in [-0.1, -0.05) is 24.6 Å². The highest BCUT2D eigenvalue weighted by atomic mass is 19.4. The van der Waals surface area contributed by atoms with Crippen LogP contribution in [0.25, 0.3) is 10.9 Å². The Labute approximate surface area is 189 Å². The number of hydrogen-bond acceptors (Lipinski definition) is 4. The van der Waals surface area contributed by atoms with Gasteiger partial charge in [0.25, 0.3) is 5.91 Å². The summed E-state index contributed by atoms with van der Waals surface area (Å²) >= 11 is 0. The molecule has 33 heavy (non-hydrogen) atoms. The Kier molecular flexibility index (Phi) is 6.23. The number of alkyl halides is 3. The number of pyridine rings is 1. The lowest BCUT2D eigenvalue weighted by Crippen LogP contribution is -2.39. The summed E-state index contributed by atoms with van der Waals surface area (Å²) in [6.45, 7) is 3.67. The summed E-state index contributed by atoms with van der Waals surface area (Å²) in [7, 11) is 1.80. The minimum absolute atomic E-state index is 0.0263. The van der Waals surface area contributed by atoms with Crippen LogP contribution in [0.3, 0.4) is 0 Å². The van der Waals surface area contributed by atoms with E-state index < -0.39 is 11.9 Å². The molecule has 2 atom stereocenters. The zero-order valence-corrected chi connectivity index (χ0v) is 18.8. The summed E-state index contributed by atoms with van der Waals surface area (Å²) < 4.78 is 41.6. The van der Waals surface area contributed by atoms with E-state index in [1.807, 2.05) is 13.8 Å². The van der Waals surface area contributed by atoms with Crippen molar-refractivity contribution in [2.75, 3.05) is 0 Å². The molecule has 2 heterocycles. The van der Waals surface area contributed by atoms with Crippen LogP contribution in [-0.4, -0.2) is 32.9 Å². The van der Waals surface area contributed by atoms with Gasteiger partial charge < -0.3 is 5.32 Å². The first-order chi connectivity index (χ1) is 15.6. The van der Waals surface area contributed by atoms with Gasteiger partial charge in [0.1, 0.15) is 5.69 Å². The molecule has 0 bridgehead atoms. The van der Waals surface area contributed by atoms with E-state index in [2.05, 4.69) is 20.4 Å². The summed E-state index contributed by atoms with van der Waals surface area (Å²) in [6.07, 6.45) is 0.485. The SMILES string of the molecule is Cc1nn(C)c(C)c1C(=O)NC1CCCC(C=Nc2cc(C(F)(F)F)nc3ccccc23)C1. The van der Waals surface area contributed by atoms with Crippen LogP contribution < -0.4 is 5.32 Å². The number of aliphatic imine (C=N–C) groups is 1. The minimum Gasteiger partial charge on any atom is -0.349 e. The van der Waals surface area contributed by atoms with Gasteiger partial charge in [-0.15, -0.1) is 0 Å². The van der Waals surface area contributed by atoms with E-state index >= 15 is 0 Å². The quantitative estimate of drug-likeness (QED) is 0.541. The van der Waals surface area contributed by atoms with Crippen LogP contribution in [0.15, 0.2) is 35.3 Å². The van der Waals surface area contributed by atoms with E-state index in [4.69, 9.17) is 0 Å². The van der Waals surface area contributed by atoms with Gasteiger partial charge in [-0.3, -0.25) is 14.5 Å². The number of halogens is 3. The van der Waals surface area contributed by atoms with Crippen molar-refractivity contribution in [3.05, 3.63) is 53.0 Å². The third kappa shape index (κ3) is 4.91. The number of carbonyl (C=O) groups is 1. The molecule has 2 unspecified atom stereocenters. The highest BCUT2D eigenvalue weighted by Crippen LogP contribution is 2.34. The summed E-state index contributed by atoms with van der Waals surface area (Å²) in [5.74, 6) is -0.0861. The molecule has 1 aliphatic carbocycles. The number of aryl methyl sites for hydroxylation is 2. The van der Waals surface area contributed by atoms with Crippen LogP contribution >= 0.6 is 0 Å². The molecule has 1 fully saturated rings. The fourth-order valence-electron chi connectivity index (χ4n) is 4.45. The minimum atomic E-state index is -4.54. The van der Waals surface area contributed by atoms with E-state index in [9.17, 15) is 18.0 Å². The van der Waals surface area contributed by atoms with Gasteiger partial charge in [-0.2, -0.15) is 18.3 Å². The average Bonchev–Trinajstić information content (AvgIpc) is 3.02. The van der Waals surface area contributed by atoms with Crippen LogP contribution in [0.1, 0.15) is 53.1 Å². The zero-order chi connectivity index (χ0) is 23.8. The third-order valence-corrected chi connectivity index (χ3v) is 6.20. The number of benzene rings is 1. The van der Waals surface area contributed by atoms with Gasteiger partial charge in [0, 0.05) is 30.4 Å². The Morgan fingerprint density at radius 1 is 1.24 bits per heavy atom. The number of nitrogens with zero attached hydrogens (tertiary/aromatic N) is 4. The largest absolute Gasteiger partial charge is 0.433 e. The van der Waals surface area contributed by atoms with E-state index in [0.717, 1.165) is 31.0 Å². The number of para-hydroxylation sites is 1. The van der Waals surface area contributed by atoms with Crippen molar-refractivity contribution in [3.63, 3.8) is 0 Å². The predicted molar refractivity (Wildman–Crippen MR) is 121 cm³/mol. The normalized spacial score (nSPS) is 19.3. The van der Waals surface area contributed by atoms with E-state index in [0.29, 0.717) is 23.1 Å². The molecule has 1 N–H and O–H groups in total. The molecule has 2 aromatic heterocycles. The molecule has 1 amide bonds. The molecule has 174 valence electrons. The van der Waals surface area contributed by atoms with Crippen molar-refractivity contribution in [2.24, 2.45) is 18.0 Å². The number of amides is 1. The summed E-state index contributed by atoms with van der Waals surface area (Å²) in [4.78, 5) is 21.0. The average molecular weight is 458 g/mol. The lowest BCUT2D eigenvalue weighted by Gasteiger charge is -2.27. The van der Waals surface area contributed by atoms with Crippen molar-refractivity contribution in [1.29, 1.82) is 0 Å². The summed E-state index contributed by atoms with van der Waals surface area (Å²) in [6, 6.07) is 7.65. The molecule has 1 aromatic carbocycles. The highest BCUT2D eigenvalue weighted by molar-refractivity contribution is 5.96. The molecule has 3 aromatic rings. The van der Waals surface area contributed by atoms with Crippen LogP contribution in [-0.2, 0) is 13.2 Å². The lowest BCUT2D eigenvalue weighted by molar-refractivity contribution is -0.140. The maximum absolute atomic E-state index is 13.3. The second kappa shape index (κ2) is 8.96. The maximum atomic E-state index is 13.3. The second-order valence-electron chi connectivity index (χ2n) is 8.59. The van der Waals surface area contributed by atoms with Crippen molar-refractivity contribution in [2.45, 2.75) is 51.7 Å². The first-order valence-electron chi connectivity index (χ1n) is 11.0. The van der Waals surface area contributed by atoms with Crippen LogP contribution in [0, 0.1) is 19.8 Å². The zero-order valence-electron chi connectivity index (χ0n) is 18.8. The molecule has 6 nitrogen and oxygen atoms in total. The predicted octanol–water partition coefficient (Wildman–Crippen LogP) is 5.30. The Balaban J connectivity index is 1.51. The Bertz CT molecular complexity index is 1210. The van der Waals surface area contributed by atoms with Crippen molar-refractivity contribution < 1.29 is 18.0 Å². The number of nitrogens with one attached hydrogen (secondary N) is 1. The van der Waals surface area contributed by atoms with Gasteiger partial charge in [-0.05, 0) is 51.2 Å². The number of rotatable bonds is 4. The number of hydrogen-bond donors (Lipinski definition) is 1. The number of carbonyl (C=O) groups excluding carboxylic acids is 1. The maximum Gasteiger partial charge on any atom is 0.433 e. The van der Waals surface area contributed by atoms with E-state index in [1.165, 1.54) is 0 Å². The third-order valence-electron chi connectivity index (χ3n) is 6.20. The summed E-state index contributed by atoms with van der Waals surface area (Å²) in [5, 5.41) is 7.98. The van der Waals surface area contributed by atoms with Crippen molar-refractivity contribution in [1.82, 2.24) is 20.1 Å². The van der Waals surface area contributed by atoms with Crippen molar-refractivity contribution >= 4 is 28.7 Å². The van der Waals surface area contributed by atoms with Gasteiger partial charge >= 0.3 is 6.18 Å². The molecule has 9 heteroatoms. The standard InChI is InChI=1S/C24H26F3N5O/c1-14-22(15(2)32(3)31-14)23(33)29-17-8-6-7-16(11-17)13-28-20-12-21(24(25,26)27)30-19-10-5-4-9-18(19)20/h4-5,9-10,12-13,16-17H,6-8,11H2,1-3H3,(H,29,33). The molecular formula is C24H26F3N5O. The fraction of sp³-hybridized carbons (Fsp3) is 0.417. The molecular weight excluding hydrogens is 431 g/mol. The van der Waals surface area contributed by atoms with Crippen LogP contribution in [0.5, 0.6) is 0 Å². The Morgan fingerprint density at radius 2 is 2.00 bits per heavy atom. The first kappa shape index (κ1) is 22.9. The molecule has 1 aliphatic rings. The summed E-state index contributed by atoms with van der Waals surface area (Å²) in [5.41, 5.74) is 1.65. The van der Waals surface area contributed by atoms with E-state index in [1.54, 1.807) is 42.2 Å². The second-order valence-corrected chi connectivity index (χ2v) is 8.59. The first-order valence-corrected chi connectivity index (χ1v) is 11.0. The Hall–Kier alpha value is -3.23. The van der Waals surface area contributed by atoms with Gasteiger partial charge in [0.15, 0.2) is 0 Å². The van der Waals surface area contributed by atoms with Crippen molar-refractivity contribution in [3.8, 4) is 0 Å². The topological polar surface area (TPSA) is 72.2 Å². The molecule has 0 spiro atoms. The molecule has 0 aliphatic heterocycles. The lowest BCUT2D eigenvalue weighted by atomic mass is 9.86. The molecule has 0 saturated heterocycles. The molecule has 1 saturated carbocycles. The fourth-order valence-corrected chi connectivity index (χ4v) is 4.45. The number of fused-ring (bicyclic) bond motifs is 1. The highest BCUT2D eigenvalue weighted by Gasteiger charge is 2.33. The van der Waals surface area contributed by atoms with E-state index in [-0.39, 0.29) is 29.1 Å². The smallest absolute Gasteiger partial charge is 0.349 e.